The fourth-order valence-electron chi connectivity index (χ4n) is 2.28. The lowest BCUT2D eigenvalue weighted by molar-refractivity contribution is 0.0921. The predicted molar refractivity (Wildman–Crippen MR) is 73.6 cm³/mol. The van der Waals surface area contributed by atoms with Crippen LogP contribution in [0.4, 0.5) is 0 Å². The molecule has 1 saturated heterocycles. The summed E-state index contributed by atoms with van der Waals surface area (Å²) in [6.45, 7) is 5.13. The van der Waals surface area contributed by atoms with Gasteiger partial charge in [0.25, 0.3) is 5.91 Å². The van der Waals surface area contributed by atoms with Crippen molar-refractivity contribution in [1.29, 1.82) is 0 Å². The largest absolute Gasteiger partial charge is 0.495 e. The number of rotatable bonds is 3. The predicted octanol–water partition coefficient (Wildman–Crippen LogP) is 1.94. The average molecular weight is 268 g/mol. The van der Waals surface area contributed by atoms with Gasteiger partial charge >= 0.3 is 0 Å². The van der Waals surface area contributed by atoms with Crippen LogP contribution in [0.1, 0.15) is 34.3 Å². The highest BCUT2D eigenvalue weighted by Crippen LogP contribution is 2.28. The van der Waals surface area contributed by atoms with Crippen molar-refractivity contribution in [2.75, 3.05) is 13.7 Å². The van der Waals surface area contributed by atoms with Gasteiger partial charge in [0.1, 0.15) is 10.6 Å². The number of hydrogen-bond acceptors (Lipinski definition) is 4. The Morgan fingerprint density at radius 3 is 3.06 bits per heavy atom. The first-order valence-electron chi connectivity index (χ1n) is 6.30. The number of carbonyl (C=O) groups is 1. The summed E-state index contributed by atoms with van der Waals surface area (Å²) >= 11 is 1.48. The zero-order valence-corrected chi connectivity index (χ0v) is 11.9. The van der Waals surface area contributed by atoms with Crippen LogP contribution in [0.15, 0.2) is 6.07 Å². The lowest BCUT2D eigenvalue weighted by atomic mass is 10.00. The lowest BCUT2D eigenvalue weighted by Crippen LogP contribution is -2.51. The molecular weight excluding hydrogens is 248 g/mol. The van der Waals surface area contributed by atoms with Gasteiger partial charge < -0.3 is 15.4 Å². The van der Waals surface area contributed by atoms with Crippen LogP contribution in [0, 0.1) is 6.92 Å². The van der Waals surface area contributed by atoms with Crippen LogP contribution < -0.4 is 15.4 Å². The average Bonchev–Trinajstić information content (AvgIpc) is 2.73. The van der Waals surface area contributed by atoms with E-state index in [1.807, 2.05) is 13.0 Å². The fourth-order valence-corrected chi connectivity index (χ4v) is 3.16. The molecule has 2 atom stereocenters. The molecule has 0 aliphatic carbocycles. The summed E-state index contributed by atoms with van der Waals surface area (Å²) in [5.74, 6) is 0.650. The van der Waals surface area contributed by atoms with Crippen LogP contribution in [0.3, 0.4) is 0 Å². The number of ether oxygens (including phenoxy) is 1. The molecule has 2 N–H and O–H groups in total. The minimum absolute atomic E-state index is 0.0227. The van der Waals surface area contributed by atoms with E-state index in [0.29, 0.717) is 16.7 Å². The Morgan fingerprint density at radius 2 is 2.39 bits per heavy atom. The van der Waals surface area contributed by atoms with Gasteiger partial charge in [0.2, 0.25) is 0 Å². The summed E-state index contributed by atoms with van der Waals surface area (Å²) in [5.41, 5.74) is 0. The molecule has 18 heavy (non-hydrogen) atoms. The number of carbonyl (C=O) groups excluding carboxylic acids is 1. The Balaban J connectivity index is 2.06. The van der Waals surface area contributed by atoms with E-state index >= 15 is 0 Å². The van der Waals surface area contributed by atoms with Gasteiger partial charge in [-0.15, -0.1) is 11.3 Å². The molecule has 0 spiro atoms. The van der Waals surface area contributed by atoms with Gasteiger partial charge in [-0.05, 0) is 39.3 Å². The normalized spacial score (nSPS) is 23.7. The molecule has 1 aromatic heterocycles. The van der Waals surface area contributed by atoms with Crippen LogP contribution in [0.25, 0.3) is 0 Å². The van der Waals surface area contributed by atoms with E-state index in [1.165, 1.54) is 11.3 Å². The molecular formula is C13H20N2O2S. The molecule has 1 aliphatic heterocycles. The van der Waals surface area contributed by atoms with Crippen LogP contribution >= 0.6 is 11.3 Å². The van der Waals surface area contributed by atoms with E-state index in [4.69, 9.17) is 4.74 Å². The lowest BCUT2D eigenvalue weighted by Gasteiger charge is -2.30. The van der Waals surface area contributed by atoms with Crippen molar-refractivity contribution in [3.05, 3.63) is 15.8 Å². The van der Waals surface area contributed by atoms with Crippen molar-refractivity contribution in [2.45, 2.75) is 38.8 Å². The second-order valence-corrected chi connectivity index (χ2v) is 5.98. The van der Waals surface area contributed by atoms with Gasteiger partial charge in [0.05, 0.1) is 7.11 Å². The Bertz CT molecular complexity index is 431. The summed E-state index contributed by atoms with van der Waals surface area (Å²) in [4.78, 5) is 14.0. The first-order valence-corrected chi connectivity index (χ1v) is 7.12. The molecule has 100 valence electrons. The molecule has 0 radical (unpaired) electrons. The fraction of sp³-hybridized carbons (Fsp3) is 0.615. The topological polar surface area (TPSA) is 50.4 Å². The van der Waals surface area contributed by atoms with Crippen molar-refractivity contribution in [1.82, 2.24) is 10.6 Å². The number of aryl methyl sites for hydroxylation is 1. The number of thiophene rings is 1. The third-order valence-electron chi connectivity index (χ3n) is 3.33. The van der Waals surface area contributed by atoms with Crippen LogP contribution in [-0.4, -0.2) is 31.6 Å². The van der Waals surface area contributed by atoms with Crippen molar-refractivity contribution in [3.63, 3.8) is 0 Å². The summed E-state index contributed by atoms with van der Waals surface area (Å²) in [6.07, 6.45) is 2.14. The Labute approximate surface area is 112 Å². The molecule has 0 aromatic carbocycles. The van der Waals surface area contributed by atoms with E-state index in [2.05, 4.69) is 17.6 Å². The molecule has 5 heteroatoms. The summed E-state index contributed by atoms with van der Waals surface area (Å²) < 4.78 is 5.24. The highest BCUT2D eigenvalue weighted by molar-refractivity contribution is 7.14. The maximum absolute atomic E-state index is 12.2. The minimum atomic E-state index is -0.0227. The second kappa shape index (κ2) is 5.71. The quantitative estimate of drug-likeness (QED) is 0.881. The van der Waals surface area contributed by atoms with Gasteiger partial charge in [0.15, 0.2) is 0 Å². The van der Waals surface area contributed by atoms with Gasteiger partial charge in [-0.2, -0.15) is 0 Å². The van der Waals surface area contributed by atoms with Crippen LogP contribution in [-0.2, 0) is 0 Å². The van der Waals surface area contributed by atoms with E-state index in [9.17, 15) is 4.79 Å². The summed E-state index contributed by atoms with van der Waals surface area (Å²) in [5, 5.41) is 6.48. The number of nitrogens with one attached hydrogen (secondary N) is 2. The molecule has 4 nitrogen and oxygen atoms in total. The van der Waals surface area contributed by atoms with Gasteiger partial charge in [0, 0.05) is 17.0 Å². The molecule has 0 saturated carbocycles. The zero-order valence-electron chi connectivity index (χ0n) is 11.1. The van der Waals surface area contributed by atoms with Gasteiger partial charge in [-0.3, -0.25) is 4.79 Å². The Kier molecular flexibility index (Phi) is 4.24. The molecule has 1 fully saturated rings. The SMILES string of the molecule is COc1cc(C)sc1C(=O)NC1CCCNC1C. The number of hydrogen-bond donors (Lipinski definition) is 2. The van der Waals surface area contributed by atoms with E-state index in [1.54, 1.807) is 7.11 Å². The number of piperidine rings is 1. The Hall–Kier alpha value is -1.07. The number of methoxy groups -OCH3 is 1. The van der Waals surface area contributed by atoms with Crippen LogP contribution in [0.5, 0.6) is 5.75 Å². The first kappa shape index (κ1) is 13.4. The monoisotopic (exact) mass is 268 g/mol. The molecule has 2 unspecified atom stereocenters. The van der Waals surface area contributed by atoms with Gasteiger partial charge in [-0.25, -0.2) is 0 Å². The highest BCUT2D eigenvalue weighted by atomic mass is 32.1. The minimum Gasteiger partial charge on any atom is -0.495 e. The summed E-state index contributed by atoms with van der Waals surface area (Å²) in [6, 6.07) is 2.44. The molecule has 0 bridgehead atoms. The zero-order chi connectivity index (χ0) is 13.1. The summed E-state index contributed by atoms with van der Waals surface area (Å²) in [7, 11) is 1.60. The Morgan fingerprint density at radius 1 is 1.61 bits per heavy atom. The molecule has 1 aliphatic rings. The third kappa shape index (κ3) is 2.84. The molecule has 2 heterocycles. The van der Waals surface area contributed by atoms with Crippen molar-refractivity contribution < 1.29 is 9.53 Å². The maximum atomic E-state index is 12.2. The van der Waals surface area contributed by atoms with Crippen LogP contribution in [0.2, 0.25) is 0 Å². The van der Waals surface area contributed by atoms with E-state index in [0.717, 1.165) is 24.3 Å². The molecule has 1 aromatic rings. The number of amides is 1. The second-order valence-electron chi connectivity index (χ2n) is 4.72. The molecule has 2 rings (SSSR count). The first-order chi connectivity index (χ1) is 8.61. The van der Waals surface area contributed by atoms with E-state index in [-0.39, 0.29) is 11.9 Å². The van der Waals surface area contributed by atoms with Crippen molar-refractivity contribution >= 4 is 17.2 Å². The smallest absolute Gasteiger partial charge is 0.265 e. The van der Waals surface area contributed by atoms with Crippen molar-refractivity contribution in [3.8, 4) is 5.75 Å². The maximum Gasteiger partial charge on any atom is 0.265 e. The molecule has 1 amide bonds. The third-order valence-corrected chi connectivity index (χ3v) is 4.36. The standard InChI is InChI=1S/C13H20N2O2S/c1-8-7-11(17-3)12(18-8)13(16)15-10-5-4-6-14-9(10)2/h7,9-10,14H,4-6H2,1-3H3,(H,15,16). The van der Waals surface area contributed by atoms with Crippen molar-refractivity contribution in [2.24, 2.45) is 0 Å². The van der Waals surface area contributed by atoms with E-state index < -0.39 is 0 Å². The van der Waals surface area contributed by atoms with Gasteiger partial charge in [-0.1, -0.05) is 0 Å². The highest BCUT2D eigenvalue weighted by Gasteiger charge is 2.25.